The van der Waals surface area contributed by atoms with E-state index in [1.54, 1.807) is 0 Å². The molecule has 2 heterocycles. The van der Waals surface area contributed by atoms with Gasteiger partial charge in [-0.2, -0.15) is 0 Å². The molecule has 0 spiro atoms. The molecular weight excluding hydrogens is 268 g/mol. The third kappa shape index (κ3) is 2.90. The fourth-order valence-electron chi connectivity index (χ4n) is 2.06. The first-order chi connectivity index (χ1) is 9.55. The summed E-state index contributed by atoms with van der Waals surface area (Å²) in [5, 5.41) is 23.8. The minimum atomic E-state index is -0.806. The number of aromatic amines is 1. The number of hydrogen-bond acceptors (Lipinski definition) is 7. The van der Waals surface area contributed by atoms with E-state index in [9.17, 15) is 14.7 Å². The molecule has 1 aliphatic rings. The molecule has 0 aliphatic carbocycles. The highest BCUT2D eigenvalue weighted by Crippen LogP contribution is 2.25. The molecule has 1 aromatic rings. The van der Waals surface area contributed by atoms with E-state index in [1.165, 1.54) is 6.07 Å². The SMILES string of the molecule is Nc1cc(N[C@@H]2CC(O)[C@@H](CO)O2)c(NC=O)c(=O)[nH]1. The van der Waals surface area contributed by atoms with Gasteiger partial charge < -0.3 is 36.3 Å². The van der Waals surface area contributed by atoms with E-state index in [2.05, 4.69) is 15.6 Å². The van der Waals surface area contributed by atoms with Gasteiger partial charge >= 0.3 is 0 Å². The Morgan fingerprint density at radius 2 is 2.35 bits per heavy atom. The maximum absolute atomic E-state index is 11.7. The van der Waals surface area contributed by atoms with Gasteiger partial charge in [-0.15, -0.1) is 0 Å². The number of pyridine rings is 1. The molecule has 1 unspecified atom stereocenters. The summed E-state index contributed by atoms with van der Waals surface area (Å²) in [7, 11) is 0. The van der Waals surface area contributed by atoms with E-state index in [0.717, 1.165) is 0 Å². The van der Waals surface area contributed by atoms with E-state index >= 15 is 0 Å². The Balaban J connectivity index is 2.21. The topological polar surface area (TPSA) is 150 Å². The Morgan fingerprint density at radius 3 is 2.95 bits per heavy atom. The molecule has 1 aromatic heterocycles. The number of nitrogen functional groups attached to an aromatic ring is 1. The third-order valence-electron chi connectivity index (χ3n) is 2.98. The predicted octanol–water partition coefficient (Wildman–Crippen LogP) is -1.59. The number of ether oxygens (including phenoxy) is 1. The van der Waals surface area contributed by atoms with Crippen molar-refractivity contribution in [2.45, 2.75) is 24.9 Å². The van der Waals surface area contributed by atoms with Crippen molar-refractivity contribution in [3.8, 4) is 0 Å². The van der Waals surface area contributed by atoms with Crippen LogP contribution in [0, 0.1) is 0 Å². The summed E-state index contributed by atoms with van der Waals surface area (Å²) >= 11 is 0. The second-order valence-corrected chi connectivity index (χ2v) is 4.40. The molecule has 0 bridgehead atoms. The van der Waals surface area contributed by atoms with Gasteiger partial charge in [-0.25, -0.2) is 0 Å². The van der Waals surface area contributed by atoms with Crippen LogP contribution < -0.4 is 21.9 Å². The number of nitrogens with one attached hydrogen (secondary N) is 3. The molecule has 7 N–H and O–H groups in total. The minimum absolute atomic E-state index is 0.000242. The van der Waals surface area contributed by atoms with Gasteiger partial charge in [0.05, 0.1) is 18.4 Å². The Bertz CT molecular complexity index is 546. The summed E-state index contributed by atoms with van der Waals surface area (Å²) in [5.41, 5.74) is 5.25. The molecule has 110 valence electrons. The maximum Gasteiger partial charge on any atom is 0.275 e. The lowest BCUT2D eigenvalue weighted by atomic mass is 10.2. The second-order valence-electron chi connectivity index (χ2n) is 4.40. The van der Waals surface area contributed by atoms with Crippen molar-refractivity contribution in [1.82, 2.24) is 4.98 Å². The third-order valence-corrected chi connectivity index (χ3v) is 2.98. The number of aromatic nitrogens is 1. The molecule has 0 radical (unpaired) electrons. The van der Waals surface area contributed by atoms with Crippen molar-refractivity contribution in [3.05, 3.63) is 16.4 Å². The maximum atomic E-state index is 11.7. The molecule has 2 rings (SSSR count). The molecule has 9 heteroatoms. The van der Waals surface area contributed by atoms with Crippen LogP contribution in [-0.4, -0.2) is 46.6 Å². The zero-order valence-electron chi connectivity index (χ0n) is 10.5. The zero-order valence-corrected chi connectivity index (χ0v) is 10.5. The van der Waals surface area contributed by atoms with Crippen LogP contribution in [0.4, 0.5) is 17.2 Å². The number of carbonyl (C=O) groups excluding carboxylic acids is 1. The van der Waals surface area contributed by atoms with Crippen LogP contribution in [0.1, 0.15) is 6.42 Å². The van der Waals surface area contributed by atoms with Gasteiger partial charge in [0.25, 0.3) is 5.56 Å². The molecule has 1 fully saturated rings. The Labute approximate surface area is 113 Å². The first kappa shape index (κ1) is 14.3. The molecule has 9 nitrogen and oxygen atoms in total. The monoisotopic (exact) mass is 284 g/mol. The van der Waals surface area contributed by atoms with Crippen molar-refractivity contribution in [1.29, 1.82) is 0 Å². The number of rotatable bonds is 5. The van der Waals surface area contributed by atoms with Crippen LogP contribution in [0.25, 0.3) is 0 Å². The van der Waals surface area contributed by atoms with E-state index in [0.29, 0.717) is 6.41 Å². The van der Waals surface area contributed by atoms with Crippen LogP contribution in [0.15, 0.2) is 10.9 Å². The first-order valence-electron chi connectivity index (χ1n) is 5.99. The summed E-state index contributed by atoms with van der Waals surface area (Å²) in [6.07, 6.45) is -1.49. The molecule has 0 saturated carbocycles. The number of hydrogen-bond donors (Lipinski definition) is 6. The molecule has 1 saturated heterocycles. The van der Waals surface area contributed by atoms with Gasteiger partial charge in [-0.1, -0.05) is 0 Å². The van der Waals surface area contributed by atoms with E-state index in [-0.39, 0.29) is 30.2 Å². The van der Waals surface area contributed by atoms with E-state index in [4.69, 9.17) is 15.6 Å². The number of carbonyl (C=O) groups is 1. The molecule has 0 aromatic carbocycles. The lowest BCUT2D eigenvalue weighted by molar-refractivity contribution is -0.105. The smallest absolute Gasteiger partial charge is 0.275 e. The summed E-state index contributed by atoms with van der Waals surface area (Å²) in [5.74, 6) is 0.117. The van der Waals surface area contributed by atoms with Gasteiger partial charge in [-0.05, 0) is 0 Å². The van der Waals surface area contributed by atoms with Gasteiger partial charge in [0.1, 0.15) is 23.8 Å². The lowest BCUT2D eigenvalue weighted by Crippen LogP contribution is -2.26. The molecule has 20 heavy (non-hydrogen) atoms. The summed E-state index contributed by atoms with van der Waals surface area (Å²) in [6.45, 7) is -0.309. The zero-order chi connectivity index (χ0) is 14.7. The van der Waals surface area contributed by atoms with Crippen molar-refractivity contribution in [2.75, 3.05) is 23.0 Å². The van der Waals surface area contributed by atoms with Crippen molar-refractivity contribution in [3.63, 3.8) is 0 Å². The summed E-state index contributed by atoms with van der Waals surface area (Å²) in [4.78, 5) is 24.6. The molecular formula is C11H16N4O5. The van der Waals surface area contributed by atoms with E-state index < -0.39 is 24.0 Å². The van der Waals surface area contributed by atoms with Crippen LogP contribution in [0.5, 0.6) is 0 Å². The quantitative estimate of drug-likeness (QED) is 0.357. The fraction of sp³-hybridized carbons (Fsp3) is 0.455. The number of nitrogens with two attached hydrogens (primary N) is 1. The number of aliphatic hydroxyl groups is 2. The van der Waals surface area contributed by atoms with Crippen LogP contribution in [0.2, 0.25) is 0 Å². The highest BCUT2D eigenvalue weighted by atomic mass is 16.5. The van der Waals surface area contributed by atoms with E-state index in [1.807, 2.05) is 0 Å². The van der Waals surface area contributed by atoms with Crippen LogP contribution in [-0.2, 0) is 9.53 Å². The number of anilines is 3. The Hall–Kier alpha value is -2.10. The average Bonchev–Trinajstić information content (AvgIpc) is 2.73. The number of amides is 1. The summed E-state index contributed by atoms with van der Waals surface area (Å²) in [6, 6.07) is 1.43. The van der Waals surface area contributed by atoms with Crippen molar-refractivity contribution >= 4 is 23.6 Å². The Morgan fingerprint density at radius 1 is 1.60 bits per heavy atom. The normalized spacial score (nSPS) is 25.4. The second kappa shape index (κ2) is 5.90. The van der Waals surface area contributed by atoms with Gasteiger partial charge in [0.15, 0.2) is 0 Å². The predicted molar refractivity (Wildman–Crippen MR) is 71.2 cm³/mol. The highest BCUT2D eigenvalue weighted by Gasteiger charge is 2.33. The molecule has 1 aliphatic heterocycles. The highest BCUT2D eigenvalue weighted by molar-refractivity contribution is 5.81. The van der Waals surface area contributed by atoms with Gasteiger partial charge in [0, 0.05) is 12.5 Å². The summed E-state index contributed by atoms with van der Waals surface area (Å²) < 4.78 is 5.36. The van der Waals surface area contributed by atoms with Crippen LogP contribution >= 0.6 is 0 Å². The van der Waals surface area contributed by atoms with Crippen LogP contribution in [0.3, 0.4) is 0 Å². The van der Waals surface area contributed by atoms with Gasteiger partial charge in [-0.3, -0.25) is 9.59 Å². The molecule has 3 atom stereocenters. The number of H-pyrrole nitrogens is 1. The fourth-order valence-corrected chi connectivity index (χ4v) is 2.06. The Kier molecular flexibility index (Phi) is 4.23. The standard InChI is InChI=1S/C11H16N4O5/c12-8-1-5(10(13-4-17)11(19)15-8)14-9-2-6(18)7(3-16)20-9/h1,4,6-7,9,16,18H,2-3H2,(H,13,17)(H4,12,14,15,19)/t6?,7-,9+/m1/s1. The van der Waals surface area contributed by atoms with Crippen molar-refractivity contribution < 1.29 is 19.7 Å². The largest absolute Gasteiger partial charge is 0.394 e. The lowest BCUT2D eigenvalue weighted by Gasteiger charge is -2.17. The van der Waals surface area contributed by atoms with Crippen molar-refractivity contribution in [2.24, 2.45) is 0 Å². The molecule has 1 amide bonds. The van der Waals surface area contributed by atoms with Gasteiger partial charge in [0.2, 0.25) is 6.41 Å². The number of aliphatic hydroxyl groups excluding tert-OH is 2. The minimum Gasteiger partial charge on any atom is -0.394 e. The average molecular weight is 284 g/mol. The first-order valence-corrected chi connectivity index (χ1v) is 5.99.